The average molecular weight is 228 g/mol. The van der Waals surface area contributed by atoms with Crippen molar-refractivity contribution in [3.63, 3.8) is 0 Å². The number of allylic oxidation sites excluding steroid dienone is 3. The van der Waals surface area contributed by atoms with Crippen molar-refractivity contribution < 1.29 is 20.1 Å². The molecule has 4 heteroatoms. The minimum absolute atomic E-state index is 0.280. The van der Waals surface area contributed by atoms with Gasteiger partial charge in [0, 0.05) is 5.41 Å². The van der Waals surface area contributed by atoms with Gasteiger partial charge < -0.3 is 20.1 Å². The molecule has 3 N–H and O–H groups in total. The fourth-order valence-corrected chi connectivity index (χ4v) is 1.06. The molecule has 16 heavy (non-hydrogen) atoms. The third-order valence-corrected chi connectivity index (χ3v) is 2.39. The Labute approximate surface area is 96.2 Å². The van der Waals surface area contributed by atoms with Crippen molar-refractivity contribution in [1.29, 1.82) is 0 Å². The van der Waals surface area contributed by atoms with Crippen LogP contribution in [0.1, 0.15) is 6.42 Å². The van der Waals surface area contributed by atoms with E-state index in [1.165, 1.54) is 0 Å². The maximum absolute atomic E-state index is 9.08. The van der Waals surface area contributed by atoms with E-state index in [-0.39, 0.29) is 26.4 Å². The number of ether oxygens (including phenoxy) is 1. The van der Waals surface area contributed by atoms with Gasteiger partial charge in [-0.05, 0) is 18.6 Å². The average Bonchev–Trinajstić information content (AvgIpc) is 2.34. The van der Waals surface area contributed by atoms with E-state index < -0.39 is 5.41 Å². The summed E-state index contributed by atoms with van der Waals surface area (Å²) < 4.78 is 5.33. The summed E-state index contributed by atoms with van der Waals surface area (Å²) in [6.45, 7) is 6.54. The van der Waals surface area contributed by atoms with Gasteiger partial charge in [0.1, 0.15) is 5.76 Å². The molecular formula is C12H20O4. The Kier molecular flexibility index (Phi) is 7.54. The number of hydrogen-bond donors (Lipinski definition) is 3. The summed E-state index contributed by atoms with van der Waals surface area (Å²) in [6.07, 6.45) is 5.14. The molecule has 0 aromatic rings. The van der Waals surface area contributed by atoms with E-state index in [1.807, 2.05) is 0 Å². The fourth-order valence-electron chi connectivity index (χ4n) is 1.06. The minimum Gasteiger partial charge on any atom is -0.494 e. The molecule has 0 atom stereocenters. The summed E-state index contributed by atoms with van der Waals surface area (Å²) in [5.41, 5.74) is -0.888. The van der Waals surface area contributed by atoms with Gasteiger partial charge in [0.15, 0.2) is 0 Å². The molecule has 0 aliphatic heterocycles. The highest BCUT2D eigenvalue weighted by Gasteiger charge is 2.27. The van der Waals surface area contributed by atoms with Crippen molar-refractivity contribution in [1.82, 2.24) is 0 Å². The molecule has 0 bridgehead atoms. The molecule has 0 unspecified atom stereocenters. The zero-order chi connectivity index (χ0) is 12.4. The molecule has 0 aliphatic carbocycles. The van der Waals surface area contributed by atoms with Gasteiger partial charge in [0.25, 0.3) is 0 Å². The van der Waals surface area contributed by atoms with Crippen molar-refractivity contribution in [3.05, 3.63) is 37.1 Å². The van der Waals surface area contributed by atoms with Crippen LogP contribution in [-0.4, -0.2) is 41.7 Å². The van der Waals surface area contributed by atoms with Crippen molar-refractivity contribution in [3.8, 4) is 0 Å². The van der Waals surface area contributed by atoms with Gasteiger partial charge in [-0.25, -0.2) is 0 Å². The summed E-state index contributed by atoms with van der Waals surface area (Å²) in [5.74, 6) is 0.567. The highest BCUT2D eigenvalue weighted by molar-refractivity contribution is 5.14. The van der Waals surface area contributed by atoms with Crippen LogP contribution in [0.3, 0.4) is 0 Å². The van der Waals surface area contributed by atoms with E-state index in [0.29, 0.717) is 12.2 Å². The lowest BCUT2D eigenvalue weighted by Gasteiger charge is -2.27. The fraction of sp³-hybridized carbons (Fsp3) is 0.500. The summed E-state index contributed by atoms with van der Waals surface area (Å²) in [4.78, 5) is 0. The Bertz CT molecular complexity index is 233. The molecule has 0 saturated carbocycles. The summed E-state index contributed by atoms with van der Waals surface area (Å²) in [6, 6.07) is 0. The largest absolute Gasteiger partial charge is 0.494 e. The molecule has 0 amide bonds. The third kappa shape index (κ3) is 4.61. The standard InChI is InChI=1S/C12H20O4/c1-3-5-11(4-2)16-7-6-12(8-13,9-14)10-15/h3-5,13-15H,1-2,6-10H2. The molecule has 92 valence electrons. The molecule has 4 nitrogen and oxygen atoms in total. The molecule has 0 aromatic carbocycles. The van der Waals surface area contributed by atoms with E-state index in [9.17, 15) is 0 Å². The number of aliphatic hydroxyl groups excluding tert-OH is 3. The SMILES string of the molecule is C=CC=C(C=C)OCCC(CO)(CO)CO. The van der Waals surface area contributed by atoms with Gasteiger partial charge in [-0.2, -0.15) is 0 Å². The second-order valence-electron chi connectivity index (χ2n) is 3.58. The molecule has 0 aliphatic rings. The lowest BCUT2D eigenvalue weighted by atomic mass is 9.88. The van der Waals surface area contributed by atoms with E-state index >= 15 is 0 Å². The van der Waals surface area contributed by atoms with E-state index in [0.717, 1.165) is 0 Å². The van der Waals surface area contributed by atoms with Crippen LogP contribution in [-0.2, 0) is 4.74 Å². The van der Waals surface area contributed by atoms with Crippen molar-refractivity contribution in [2.75, 3.05) is 26.4 Å². The highest BCUT2D eigenvalue weighted by Crippen LogP contribution is 2.20. The predicted molar refractivity (Wildman–Crippen MR) is 62.7 cm³/mol. The normalized spacial score (nSPS) is 12.3. The lowest BCUT2D eigenvalue weighted by Crippen LogP contribution is -2.35. The Hall–Kier alpha value is -1.10. The van der Waals surface area contributed by atoms with Gasteiger partial charge >= 0.3 is 0 Å². The lowest BCUT2D eigenvalue weighted by molar-refractivity contribution is -0.0137. The smallest absolute Gasteiger partial charge is 0.118 e. The molecule has 0 radical (unpaired) electrons. The van der Waals surface area contributed by atoms with Crippen LogP contribution in [0, 0.1) is 5.41 Å². The van der Waals surface area contributed by atoms with Crippen LogP contribution in [0.15, 0.2) is 37.1 Å². The molecule has 0 rings (SSSR count). The predicted octanol–water partition coefficient (Wildman–Crippen LogP) is 0.612. The maximum Gasteiger partial charge on any atom is 0.118 e. The van der Waals surface area contributed by atoms with Crippen molar-refractivity contribution in [2.45, 2.75) is 6.42 Å². The van der Waals surface area contributed by atoms with Crippen molar-refractivity contribution >= 4 is 0 Å². The Balaban J connectivity index is 4.17. The number of rotatable bonds is 9. The van der Waals surface area contributed by atoms with Crippen LogP contribution in [0.4, 0.5) is 0 Å². The van der Waals surface area contributed by atoms with Crippen LogP contribution in [0.25, 0.3) is 0 Å². The maximum atomic E-state index is 9.08. The van der Waals surface area contributed by atoms with E-state index in [2.05, 4.69) is 13.2 Å². The van der Waals surface area contributed by atoms with Gasteiger partial charge in [0.05, 0.1) is 26.4 Å². The van der Waals surface area contributed by atoms with Crippen molar-refractivity contribution in [2.24, 2.45) is 5.41 Å². The quantitative estimate of drug-likeness (QED) is 0.399. The Morgan fingerprint density at radius 3 is 2.06 bits per heavy atom. The van der Waals surface area contributed by atoms with Crippen LogP contribution in [0.2, 0.25) is 0 Å². The molecule has 0 saturated heterocycles. The summed E-state index contributed by atoms with van der Waals surface area (Å²) in [5, 5.41) is 27.2. The van der Waals surface area contributed by atoms with E-state index in [4.69, 9.17) is 20.1 Å². The number of hydrogen-bond acceptors (Lipinski definition) is 4. The van der Waals surface area contributed by atoms with Gasteiger partial charge in [-0.1, -0.05) is 19.2 Å². The first kappa shape index (κ1) is 14.9. The summed E-state index contributed by atoms with van der Waals surface area (Å²) >= 11 is 0. The zero-order valence-electron chi connectivity index (χ0n) is 9.43. The second kappa shape index (κ2) is 8.10. The highest BCUT2D eigenvalue weighted by atomic mass is 16.5. The molecule has 0 heterocycles. The van der Waals surface area contributed by atoms with Gasteiger partial charge in [0.2, 0.25) is 0 Å². The zero-order valence-corrected chi connectivity index (χ0v) is 9.43. The Morgan fingerprint density at radius 1 is 1.12 bits per heavy atom. The van der Waals surface area contributed by atoms with Crippen LogP contribution >= 0.6 is 0 Å². The first-order valence-corrected chi connectivity index (χ1v) is 5.08. The third-order valence-electron chi connectivity index (χ3n) is 2.39. The monoisotopic (exact) mass is 228 g/mol. The Morgan fingerprint density at radius 2 is 1.69 bits per heavy atom. The van der Waals surface area contributed by atoms with Crippen LogP contribution in [0.5, 0.6) is 0 Å². The topological polar surface area (TPSA) is 69.9 Å². The molecule has 0 fully saturated rings. The molecule has 0 spiro atoms. The van der Waals surface area contributed by atoms with Crippen LogP contribution < -0.4 is 0 Å². The first-order chi connectivity index (χ1) is 7.67. The molecular weight excluding hydrogens is 208 g/mol. The van der Waals surface area contributed by atoms with Gasteiger partial charge in [-0.3, -0.25) is 0 Å². The molecule has 0 aromatic heterocycles. The summed E-state index contributed by atoms with van der Waals surface area (Å²) in [7, 11) is 0. The van der Waals surface area contributed by atoms with E-state index in [1.54, 1.807) is 18.2 Å². The second-order valence-corrected chi connectivity index (χ2v) is 3.58. The minimum atomic E-state index is -0.888. The number of aliphatic hydroxyl groups is 3. The van der Waals surface area contributed by atoms with Gasteiger partial charge in [-0.15, -0.1) is 0 Å². The first-order valence-electron chi connectivity index (χ1n) is 5.08.